The number of nitrogens with zero attached hydrogens (tertiary/aromatic N) is 1. The first-order chi connectivity index (χ1) is 12.0. The number of carbonyl (C=O) groups excluding carboxylic acids is 1. The fourth-order valence-corrected chi connectivity index (χ4v) is 3.35. The average Bonchev–Trinajstić information content (AvgIpc) is 2.59. The molecular weight excluding hydrogens is 316 g/mol. The van der Waals surface area contributed by atoms with Gasteiger partial charge in [-0.3, -0.25) is 9.69 Å². The van der Waals surface area contributed by atoms with Crippen molar-refractivity contribution in [2.75, 3.05) is 33.9 Å². The van der Waals surface area contributed by atoms with E-state index < -0.39 is 0 Å². The molecule has 5 nitrogen and oxygen atoms in total. The van der Waals surface area contributed by atoms with Gasteiger partial charge < -0.3 is 14.8 Å². The van der Waals surface area contributed by atoms with Crippen molar-refractivity contribution in [2.24, 2.45) is 11.8 Å². The Hall–Kier alpha value is -1.75. The van der Waals surface area contributed by atoms with Gasteiger partial charge in [0.15, 0.2) is 0 Å². The SMILES string of the molecule is COc1ccc(OCCN(C)CC(=O)NC2CCCC(C)C2C)cc1. The van der Waals surface area contributed by atoms with E-state index in [1.54, 1.807) is 7.11 Å². The van der Waals surface area contributed by atoms with Gasteiger partial charge >= 0.3 is 0 Å². The number of likely N-dealkylation sites (N-methyl/N-ethyl adjacent to an activating group) is 1. The lowest BCUT2D eigenvalue weighted by atomic mass is 9.78. The Morgan fingerprint density at radius 1 is 1.20 bits per heavy atom. The monoisotopic (exact) mass is 348 g/mol. The van der Waals surface area contributed by atoms with Crippen molar-refractivity contribution < 1.29 is 14.3 Å². The van der Waals surface area contributed by atoms with Gasteiger partial charge in [-0.15, -0.1) is 0 Å². The van der Waals surface area contributed by atoms with E-state index in [0.29, 0.717) is 37.6 Å². The predicted octanol–water partition coefficient (Wildman–Crippen LogP) is 2.95. The van der Waals surface area contributed by atoms with E-state index in [0.717, 1.165) is 17.9 Å². The quantitative estimate of drug-likeness (QED) is 0.785. The van der Waals surface area contributed by atoms with Gasteiger partial charge in [0.2, 0.25) is 5.91 Å². The topological polar surface area (TPSA) is 50.8 Å². The van der Waals surface area contributed by atoms with Gasteiger partial charge in [0, 0.05) is 12.6 Å². The molecule has 0 saturated heterocycles. The van der Waals surface area contributed by atoms with E-state index in [9.17, 15) is 4.79 Å². The Kier molecular flexibility index (Phi) is 7.56. The second kappa shape index (κ2) is 9.66. The number of ether oxygens (including phenoxy) is 2. The summed E-state index contributed by atoms with van der Waals surface area (Å²) in [6, 6.07) is 7.84. The predicted molar refractivity (Wildman–Crippen MR) is 100 cm³/mol. The number of methoxy groups -OCH3 is 1. The van der Waals surface area contributed by atoms with E-state index in [1.807, 2.05) is 36.2 Å². The van der Waals surface area contributed by atoms with Gasteiger partial charge in [-0.05, 0) is 49.6 Å². The molecule has 0 bridgehead atoms. The number of benzene rings is 1. The van der Waals surface area contributed by atoms with Crippen molar-refractivity contribution in [3.05, 3.63) is 24.3 Å². The van der Waals surface area contributed by atoms with E-state index in [4.69, 9.17) is 9.47 Å². The zero-order valence-electron chi connectivity index (χ0n) is 16.0. The number of carbonyl (C=O) groups is 1. The van der Waals surface area contributed by atoms with Crippen LogP contribution >= 0.6 is 0 Å². The summed E-state index contributed by atoms with van der Waals surface area (Å²) in [4.78, 5) is 14.3. The molecule has 1 amide bonds. The lowest BCUT2D eigenvalue weighted by molar-refractivity contribution is -0.123. The van der Waals surface area contributed by atoms with Crippen LogP contribution < -0.4 is 14.8 Å². The first-order valence-corrected chi connectivity index (χ1v) is 9.24. The Bertz CT molecular complexity index is 532. The first kappa shape index (κ1) is 19.6. The summed E-state index contributed by atoms with van der Waals surface area (Å²) in [6.45, 7) is 6.19. The fraction of sp³-hybridized carbons (Fsp3) is 0.650. The normalized spacial score (nSPS) is 23.3. The molecule has 1 aliphatic carbocycles. The van der Waals surface area contributed by atoms with Crippen LogP contribution in [0.3, 0.4) is 0 Å². The number of hydrogen-bond acceptors (Lipinski definition) is 4. The molecular formula is C20H32N2O3. The minimum absolute atomic E-state index is 0.109. The van der Waals surface area contributed by atoms with Crippen molar-refractivity contribution in [1.82, 2.24) is 10.2 Å². The lowest BCUT2D eigenvalue weighted by Gasteiger charge is -2.35. The molecule has 5 heteroatoms. The van der Waals surface area contributed by atoms with Crippen LogP contribution in [0.5, 0.6) is 11.5 Å². The lowest BCUT2D eigenvalue weighted by Crippen LogP contribution is -2.47. The summed E-state index contributed by atoms with van der Waals surface area (Å²) in [6.07, 6.45) is 3.58. The van der Waals surface area contributed by atoms with E-state index in [2.05, 4.69) is 19.2 Å². The third-order valence-electron chi connectivity index (χ3n) is 5.27. The summed E-state index contributed by atoms with van der Waals surface area (Å²) in [5.41, 5.74) is 0. The Morgan fingerprint density at radius 3 is 2.56 bits per heavy atom. The minimum atomic E-state index is 0.109. The molecule has 3 atom stereocenters. The molecule has 1 saturated carbocycles. The first-order valence-electron chi connectivity index (χ1n) is 9.24. The van der Waals surface area contributed by atoms with Crippen molar-refractivity contribution >= 4 is 5.91 Å². The van der Waals surface area contributed by atoms with Crippen LogP contribution in [0.4, 0.5) is 0 Å². The van der Waals surface area contributed by atoms with Gasteiger partial charge in [-0.1, -0.05) is 26.7 Å². The summed E-state index contributed by atoms with van der Waals surface area (Å²) in [5.74, 6) is 2.98. The summed E-state index contributed by atoms with van der Waals surface area (Å²) in [5, 5.41) is 3.22. The zero-order chi connectivity index (χ0) is 18.2. The van der Waals surface area contributed by atoms with Gasteiger partial charge in [-0.2, -0.15) is 0 Å². The number of hydrogen-bond donors (Lipinski definition) is 1. The molecule has 0 heterocycles. The smallest absolute Gasteiger partial charge is 0.234 e. The van der Waals surface area contributed by atoms with Crippen molar-refractivity contribution in [3.8, 4) is 11.5 Å². The van der Waals surface area contributed by atoms with Gasteiger partial charge in [0.1, 0.15) is 18.1 Å². The van der Waals surface area contributed by atoms with Crippen LogP contribution in [0.1, 0.15) is 33.1 Å². The van der Waals surface area contributed by atoms with Crippen LogP contribution in [0, 0.1) is 11.8 Å². The van der Waals surface area contributed by atoms with E-state index >= 15 is 0 Å². The third kappa shape index (κ3) is 6.24. The Labute approximate surface area is 151 Å². The van der Waals surface area contributed by atoms with Crippen molar-refractivity contribution in [1.29, 1.82) is 0 Å². The maximum absolute atomic E-state index is 12.3. The number of nitrogens with one attached hydrogen (secondary N) is 1. The van der Waals surface area contributed by atoms with Gasteiger partial charge in [-0.25, -0.2) is 0 Å². The largest absolute Gasteiger partial charge is 0.497 e. The molecule has 1 aromatic carbocycles. The molecule has 1 fully saturated rings. The molecule has 0 aromatic heterocycles. The molecule has 140 valence electrons. The highest BCUT2D eigenvalue weighted by atomic mass is 16.5. The molecule has 0 spiro atoms. The van der Waals surface area contributed by atoms with Crippen LogP contribution in [-0.2, 0) is 4.79 Å². The van der Waals surface area contributed by atoms with E-state index in [1.165, 1.54) is 12.8 Å². The molecule has 0 aliphatic heterocycles. The zero-order valence-corrected chi connectivity index (χ0v) is 16.0. The highest BCUT2D eigenvalue weighted by Crippen LogP contribution is 2.29. The number of amides is 1. The molecule has 1 N–H and O–H groups in total. The molecule has 2 rings (SSSR count). The molecule has 3 unspecified atom stereocenters. The van der Waals surface area contributed by atoms with Crippen molar-refractivity contribution in [3.63, 3.8) is 0 Å². The molecule has 25 heavy (non-hydrogen) atoms. The van der Waals surface area contributed by atoms with Gasteiger partial charge in [0.25, 0.3) is 0 Å². The summed E-state index contributed by atoms with van der Waals surface area (Å²) in [7, 11) is 3.59. The fourth-order valence-electron chi connectivity index (χ4n) is 3.35. The van der Waals surface area contributed by atoms with Crippen LogP contribution in [0.15, 0.2) is 24.3 Å². The highest BCUT2D eigenvalue weighted by molar-refractivity contribution is 5.78. The standard InChI is InChI=1S/C20H32N2O3/c1-15-6-5-7-19(16(15)2)21-20(23)14-22(3)12-13-25-18-10-8-17(24-4)9-11-18/h8-11,15-16,19H,5-7,12-14H2,1-4H3,(H,21,23). The Balaban J connectivity index is 1.66. The summed E-state index contributed by atoms with van der Waals surface area (Å²) < 4.78 is 10.8. The van der Waals surface area contributed by atoms with Crippen LogP contribution in [0.2, 0.25) is 0 Å². The van der Waals surface area contributed by atoms with Crippen LogP contribution in [0.25, 0.3) is 0 Å². The molecule has 1 aliphatic rings. The Morgan fingerprint density at radius 2 is 1.88 bits per heavy atom. The second-order valence-electron chi connectivity index (χ2n) is 7.20. The minimum Gasteiger partial charge on any atom is -0.497 e. The highest BCUT2D eigenvalue weighted by Gasteiger charge is 2.28. The third-order valence-corrected chi connectivity index (χ3v) is 5.27. The molecule has 1 aromatic rings. The summed E-state index contributed by atoms with van der Waals surface area (Å²) >= 11 is 0. The second-order valence-corrected chi connectivity index (χ2v) is 7.20. The van der Waals surface area contributed by atoms with Crippen LogP contribution in [-0.4, -0.2) is 50.7 Å². The maximum Gasteiger partial charge on any atom is 0.234 e. The number of rotatable bonds is 8. The van der Waals surface area contributed by atoms with E-state index in [-0.39, 0.29) is 5.91 Å². The maximum atomic E-state index is 12.3. The molecule has 0 radical (unpaired) electrons. The van der Waals surface area contributed by atoms with Crippen molar-refractivity contribution in [2.45, 2.75) is 39.2 Å². The average molecular weight is 348 g/mol. The van der Waals surface area contributed by atoms with Gasteiger partial charge in [0.05, 0.1) is 13.7 Å².